The van der Waals surface area contributed by atoms with Crippen molar-refractivity contribution in [3.63, 3.8) is 0 Å². The number of Topliss-reactive ketones (excluding diaryl/α,β-unsaturated/α-hetero) is 1. The van der Waals surface area contributed by atoms with Gasteiger partial charge in [-0.1, -0.05) is 50.2 Å². The monoisotopic (exact) mass is 252 g/mol. The van der Waals surface area contributed by atoms with Crippen LogP contribution in [0.25, 0.3) is 0 Å². The molecular weight excluding hydrogens is 236 g/mol. The fourth-order valence-electron chi connectivity index (χ4n) is 2.55. The predicted octanol–water partition coefficient (Wildman–Crippen LogP) is 4.15. The number of rotatable bonds is 2. The van der Waals surface area contributed by atoms with Crippen LogP contribution in [0.15, 0.2) is 48.5 Å². The van der Waals surface area contributed by atoms with E-state index in [-0.39, 0.29) is 17.6 Å². The van der Waals surface area contributed by atoms with Crippen molar-refractivity contribution in [2.75, 3.05) is 0 Å². The average Bonchev–Trinajstić information content (AvgIpc) is 2.43. The second-order valence-corrected chi connectivity index (χ2v) is 5.17. The molecule has 0 unspecified atom stereocenters. The molecule has 1 heterocycles. The van der Waals surface area contributed by atoms with E-state index >= 15 is 0 Å². The highest BCUT2D eigenvalue weighted by Gasteiger charge is 2.33. The highest BCUT2D eigenvalue weighted by atomic mass is 16.5. The van der Waals surface area contributed by atoms with Crippen molar-refractivity contribution < 1.29 is 9.53 Å². The van der Waals surface area contributed by atoms with E-state index in [0.29, 0.717) is 0 Å². The van der Waals surface area contributed by atoms with Crippen LogP contribution in [-0.4, -0.2) is 5.78 Å². The summed E-state index contributed by atoms with van der Waals surface area (Å²) in [5.41, 5.74) is 1.94. The lowest BCUT2D eigenvalue weighted by atomic mass is 9.81. The van der Waals surface area contributed by atoms with E-state index in [1.54, 1.807) is 0 Å². The second-order valence-electron chi connectivity index (χ2n) is 5.17. The van der Waals surface area contributed by atoms with Crippen LogP contribution in [0.1, 0.15) is 30.9 Å². The lowest BCUT2D eigenvalue weighted by Crippen LogP contribution is -2.22. The van der Waals surface area contributed by atoms with E-state index < -0.39 is 0 Å². The van der Waals surface area contributed by atoms with E-state index in [9.17, 15) is 4.79 Å². The first kappa shape index (κ1) is 12.0. The summed E-state index contributed by atoms with van der Waals surface area (Å²) in [5, 5.41) is 0. The number of benzene rings is 2. The molecule has 2 aromatic carbocycles. The molecular formula is C17H16O2. The normalized spacial score (nSPS) is 13.6. The number of ether oxygens (including phenoxy) is 1. The van der Waals surface area contributed by atoms with Crippen molar-refractivity contribution >= 4 is 5.78 Å². The number of hydrogen-bond donors (Lipinski definition) is 0. The van der Waals surface area contributed by atoms with Gasteiger partial charge in [0.05, 0.1) is 5.92 Å². The molecule has 0 saturated carbocycles. The van der Waals surface area contributed by atoms with Gasteiger partial charge in [0.2, 0.25) is 0 Å². The third kappa shape index (κ3) is 1.93. The Morgan fingerprint density at radius 1 is 0.947 bits per heavy atom. The standard InChI is InChI=1S/C17H16O2/c1-11(2)17(18)16-12-7-3-5-9-14(12)19-15-10-6-4-8-13(15)16/h3-11,16H,1-2H3. The van der Waals surface area contributed by atoms with E-state index in [0.717, 1.165) is 22.6 Å². The van der Waals surface area contributed by atoms with E-state index in [4.69, 9.17) is 4.74 Å². The smallest absolute Gasteiger partial charge is 0.147 e. The number of ketones is 1. The van der Waals surface area contributed by atoms with Crippen LogP contribution in [-0.2, 0) is 4.79 Å². The first-order chi connectivity index (χ1) is 9.18. The van der Waals surface area contributed by atoms with Crippen LogP contribution in [0.2, 0.25) is 0 Å². The second kappa shape index (κ2) is 4.54. The van der Waals surface area contributed by atoms with Crippen molar-refractivity contribution in [1.29, 1.82) is 0 Å². The Morgan fingerprint density at radius 3 is 1.89 bits per heavy atom. The molecule has 96 valence electrons. The zero-order chi connectivity index (χ0) is 13.4. The molecule has 0 spiro atoms. The Labute approximate surface area is 113 Å². The number of carbonyl (C=O) groups is 1. The van der Waals surface area contributed by atoms with Crippen LogP contribution < -0.4 is 4.74 Å². The minimum absolute atomic E-state index is 0.00390. The van der Waals surface area contributed by atoms with Gasteiger partial charge >= 0.3 is 0 Å². The molecule has 3 rings (SSSR count). The SMILES string of the molecule is CC(C)C(=O)C1c2ccccc2Oc2ccccc21. The van der Waals surface area contributed by atoms with Gasteiger partial charge in [-0.2, -0.15) is 0 Å². The number of carbonyl (C=O) groups excluding carboxylic acids is 1. The molecule has 2 nitrogen and oxygen atoms in total. The molecule has 0 amide bonds. The molecule has 0 bridgehead atoms. The third-order valence-corrected chi connectivity index (χ3v) is 3.53. The van der Waals surface area contributed by atoms with Crippen LogP contribution in [0, 0.1) is 5.92 Å². The largest absolute Gasteiger partial charge is 0.457 e. The first-order valence-corrected chi connectivity index (χ1v) is 6.58. The maximum Gasteiger partial charge on any atom is 0.147 e. The summed E-state index contributed by atoms with van der Waals surface area (Å²) in [7, 11) is 0. The summed E-state index contributed by atoms with van der Waals surface area (Å²) in [5.74, 6) is 1.62. The highest BCUT2D eigenvalue weighted by molar-refractivity contribution is 5.92. The number of hydrogen-bond acceptors (Lipinski definition) is 2. The molecule has 1 aliphatic heterocycles. The first-order valence-electron chi connectivity index (χ1n) is 6.58. The van der Waals surface area contributed by atoms with Gasteiger partial charge in [-0.25, -0.2) is 0 Å². The third-order valence-electron chi connectivity index (χ3n) is 3.53. The van der Waals surface area contributed by atoms with E-state index in [1.165, 1.54) is 0 Å². The summed E-state index contributed by atoms with van der Waals surface area (Å²) in [6.45, 7) is 3.89. The summed E-state index contributed by atoms with van der Waals surface area (Å²) in [6.07, 6.45) is 0. The number of para-hydroxylation sites is 2. The van der Waals surface area contributed by atoms with Gasteiger partial charge in [-0.3, -0.25) is 4.79 Å². The lowest BCUT2D eigenvalue weighted by Gasteiger charge is -2.28. The molecule has 2 heteroatoms. The van der Waals surface area contributed by atoms with Crippen molar-refractivity contribution in [2.24, 2.45) is 5.92 Å². The zero-order valence-electron chi connectivity index (χ0n) is 11.1. The van der Waals surface area contributed by atoms with Gasteiger partial charge in [0.15, 0.2) is 0 Å². The maximum absolute atomic E-state index is 12.6. The fourth-order valence-corrected chi connectivity index (χ4v) is 2.55. The summed E-state index contributed by atoms with van der Waals surface area (Å²) >= 11 is 0. The highest BCUT2D eigenvalue weighted by Crippen LogP contribution is 2.44. The number of fused-ring (bicyclic) bond motifs is 2. The van der Waals surface area contributed by atoms with E-state index in [1.807, 2.05) is 62.4 Å². The Kier molecular flexibility index (Phi) is 2.86. The van der Waals surface area contributed by atoms with Crippen LogP contribution in [0.4, 0.5) is 0 Å². The molecule has 0 aliphatic carbocycles. The van der Waals surface area contributed by atoms with Crippen LogP contribution in [0.3, 0.4) is 0 Å². The molecule has 0 saturated heterocycles. The summed E-state index contributed by atoms with van der Waals surface area (Å²) < 4.78 is 5.89. The Hall–Kier alpha value is -2.09. The van der Waals surface area contributed by atoms with Gasteiger partial charge < -0.3 is 4.74 Å². The van der Waals surface area contributed by atoms with Crippen LogP contribution >= 0.6 is 0 Å². The van der Waals surface area contributed by atoms with Gasteiger partial charge in [0.25, 0.3) is 0 Å². The topological polar surface area (TPSA) is 26.3 Å². The van der Waals surface area contributed by atoms with Crippen molar-refractivity contribution in [2.45, 2.75) is 19.8 Å². The Morgan fingerprint density at radius 2 is 1.42 bits per heavy atom. The van der Waals surface area contributed by atoms with Crippen molar-refractivity contribution in [3.8, 4) is 11.5 Å². The van der Waals surface area contributed by atoms with Crippen molar-refractivity contribution in [3.05, 3.63) is 59.7 Å². The minimum Gasteiger partial charge on any atom is -0.457 e. The zero-order valence-corrected chi connectivity index (χ0v) is 11.1. The fraction of sp³-hybridized carbons (Fsp3) is 0.235. The minimum atomic E-state index is -0.207. The Bertz CT molecular complexity index is 583. The van der Waals surface area contributed by atoms with Gasteiger partial charge in [-0.15, -0.1) is 0 Å². The molecule has 0 radical (unpaired) electrons. The Balaban J connectivity index is 2.19. The molecule has 0 N–H and O–H groups in total. The average molecular weight is 252 g/mol. The van der Waals surface area contributed by atoms with Gasteiger partial charge in [0.1, 0.15) is 17.3 Å². The van der Waals surface area contributed by atoms with Gasteiger partial charge in [-0.05, 0) is 12.1 Å². The molecule has 0 atom stereocenters. The summed E-state index contributed by atoms with van der Waals surface area (Å²) in [6, 6.07) is 15.6. The van der Waals surface area contributed by atoms with Crippen LogP contribution in [0.5, 0.6) is 11.5 Å². The summed E-state index contributed by atoms with van der Waals surface area (Å²) in [4.78, 5) is 12.6. The molecule has 0 fully saturated rings. The van der Waals surface area contributed by atoms with Gasteiger partial charge in [0, 0.05) is 17.0 Å². The van der Waals surface area contributed by atoms with Crippen molar-refractivity contribution in [1.82, 2.24) is 0 Å². The molecule has 0 aromatic heterocycles. The maximum atomic E-state index is 12.6. The molecule has 2 aromatic rings. The lowest BCUT2D eigenvalue weighted by molar-refractivity contribution is -0.122. The predicted molar refractivity (Wildman–Crippen MR) is 74.6 cm³/mol. The van der Waals surface area contributed by atoms with E-state index in [2.05, 4.69) is 0 Å². The molecule has 19 heavy (non-hydrogen) atoms. The molecule has 1 aliphatic rings. The quantitative estimate of drug-likeness (QED) is 0.802.